The first kappa shape index (κ1) is 5.50. The van der Waals surface area contributed by atoms with Crippen LogP contribution < -0.4 is 5.32 Å². The van der Waals surface area contributed by atoms with E-state index in [4.69, 9.17) is 0 Å². The fraction of sp³-hybridized carbons (Fsp3) is 0.500. The lowest BCUT2D eigenvalue weighted by molar-refractivity contribution is 1.18. The fourth-order valence-corrected chi connectivity index (χ4v) is 0.900. The van der Waals surface area contributed by atoms with E-state index >= 15 is 0 Å². The second-order valence-corrected chi connectivity index (χ2v) is 2.06. The Morgan fingerprint density at radius 3 is 3.25 bits per heavy atom. The Hall–Kier alpha value is -0.640. The van der Waals surface area contributed by atoms with Gasteiger partial charge in [-0.15, -0.1) is 0 Å². The summed E-state index contributed by atoms with van der Waals surface area (Å²) in [4.78, 5) is 3.90. The zero-order chi connectivity index (χ0) is 5.82. The Morgan fingerprint density at radius 2 is 2.75 bits per heavy atom. The molecule has 0 unspecified atom stereocenters. The van der Waals surface area contributed by atoms with Gasteiger partial charge in [0.25, 0.3) is 0 Å². The van der Waals surface area contributed by atoms with Gasteiger partial charge in [-0.2, -0.15) is 4.37 Å². The van der Waals surface area contributed by atoms with E-state index in [9.17, 15) is 0 Å². The molecule has 0 aliphatic rings. The van der Waals surface area contributed by atoms with Crippen molar-refractivity contribution in [3.8, 4) is 0 Å². The van der Waals surface area contributed by atoms with Gasteiger partial charge in [0.2, 0.25) is 5.13 Å². The maximum absolute atomic E-state index is 3.90. The summed E-state index contributed by atoms with van der Waals surface area (Å²) in [6, 6.07) is 0. The molecular formula is C4H7N3S. The Labute approximate surface area is 51.9 Å². The van der Waals surface area contributed by atoms with Crippen molar-refractivity contribution in [2.45, 2.75) is 6.92 Å². The quantitative estimate of drug-likeness (QED) is 0.646. The number of nitrogens with zero attached hydrogens (tertiary/aromatic N) is 2. The molecule has 0 atom stereocenters. The molecule has 0 saturated heterocycles. The summed E-state index contributed by atoms with van der Waals surface area (Å²) >= 11 is 1.38. The van der Waals surface area contributed by atoms with Gasteiger partial charge >= 0.3 is 0 Å². The molecular weight excluding hydrogens is 122 g/mol. The number of nitrogens with one attached hydrogen (secondary N) is 1. The molecule has 1 heterocycles. The summed E-state index contributed by atoms with van der Waals surface area (Å²) < 4.78 is 3.81. The molecule has 0 radical (unpaired) electrons. The summed E-state index contributed by atoms with van der Waals surface area (Å²) in [6.45, 7) is 2.94. The molecule has 0 spiro atoms. The minimum atomic E-state index is 0.896. The van der Waals surface area contributed by atoms with Crippen LogP contribution in [0.1, 0.15) is 6.92 Å². The van der Waals surface area contributed by atoms with Gasteiger partial charge in [0.15, 0.2) is 0 Å². The van der Waals surface area contributed by atoms with Crippen LogP contribution in [0.5, 0.6) is 0 Å². The second-order valence-electron chi connectivity index (χ2n) is 1.28. The van der Waals surface area contributed by atoms with Gasteiger partial charge in [-0.25, -0.2) is 4.98 Å². The van der Waals surface area contributed by atoms with Crippen LogP contribution in [0, 0.1) is 0 Å². The molecule has 44 valence electrons. The van der Waals surface area contributed by atoms with Crippen molar-refractivity contribution < 1.29 is 0 Å². The van der Waals surface area contributed by atoms with Crippen molar-refractivity contribution in [3.63, 3.8) is 0 Å². The van der Waals surface area contributed by atoms with E-state index < -0.39 is 0 Å². The number of hydrogen-bond donors (Lipinski definition) is 1. The second kappa shape index (κ2) is 2.61. The molecule has 4 heteroatoms. The van der Waals surface area contributed by atoms with Gasteiger partial charge in [0.1, 0.15) is 6.33 Å². The first-order valence-corrected chi connectivity index (χ1v) is 3.21. The highest BCUT2D eigenvalue weighted by Gasteiger charge is 1.87. The molecule has 0 saturated carbocycles. The van der Waals surface area contributed by atoms with Crippen molar-refractivity contribution in [2.75, 3.05) is 11.9 Å². The molecule has 8 heavy (non-hydrogen) atoms. The van der Waals surface area contributed by atoms with Crippen LogP contribution in [0.15, 0.2) is 6.33 Å². The molecule has 1 N–H and O–H groups in total. The highest BCUT2D eigenvalue weighted by Crippen LogP contribution is 2.04. The van der Waals surface area contributed by atoms with E-state index in [2.05, 4.69) is 14.7 Å². The summed E-state index contributed by atoms with van der Waals surface area (Å²) in [5, 5.41) is 3.93. The van der Waals surface area contributed by atoms with Gasteiger partial charge in [-0.3, -0.25) is 0 Å². The molecule has 3 nitrogen and oxygen atoms in total. The monoisotopic (exact) mass is 129 g/mol. The lowest BCUT2D eigenvalue weighted by Gasteiger charge is -1.90. The summed E-state index contributed by atoms with van der Waals surface area (Å²) in [5.74, 6) is 0. The third-order valence-electron chi connectivity index (χ3n) is 0.689. The van der Waals surface area contributed by atoms with Crippen molar-refractivity contribution >= 4 is 16.7 Å². The SMILES string of the molecule is CCNc1ncns1. The third-order valence-corrected chi connectivity index (χ3v) is 1.31. The van der Waals surface area contributed by atoms with E-state index in [0.29, 0.717) is 0 Å². The van der Waals surface area contributed by atoms with Crippen LogP contribution in [-0.4, -0.2) is 15.9 Å². The smallest absolute Gasteiger partial charge is 0.202 e. The van der Waals surface area contributed by atoms with Crippen LogP contribution in [0.3, 0.4) is 0 Å². The van der Waals surface area contributed by atoms with Crippen molar-refractivity contribution in [2.24, 2.45) is 0 Å². The molecule has 1 aromatic rings. The summed E-state index contributed by atoms with van der Waals surface area (Å²) in [7, 11) is 0. The van der Waals surface area contributed by atoms with Crippen LogP contribution >= 0.6 is 11.5 Å². The number of rotatable bonds is 2. The Bertz CT molecular complexity index is 137. The Kier molecular flexibility index (Phi) is 1.80. The minimum absolute atomic E-state index is 0.896. The maximum Gasteiger partial charge on any atom is 0.202 e. The average molecular weight is 129 g/mol. The van der Waals surface area contributed by atoms with Crippen molar-refractivity contribution in [1.82, 2.24) is 9.36 Å². The fourth-order valence-electron chi connectivity index (χ4n) is 0.402. The first-order valence-electron chi connectivity index (χ1n) is 2.44. The van der Waals surface area contributed by atoms with Crippen LogP contribution in [0.4, 0.5) is 5.13 Å². The van der Waals surface area contributed by atoms with Crippen LogP contribution in [0.25, 0.3) is 0 Å². The molecule has 1 rings (SSSR count). The van der Waals surface area contributed by atoms with Gasteiger partial charge in [-0.1, -0.05) is 0 Å². The third kappa shape index (κ3) is 1.16. The van der Waals surface area contributed by atoms with Crippen LogP contribution in [-0.2, 0) is 0 Å². The van der Waals surface area contributed by atoms with E-state index in [-0.39, 0.29) is 0 Å². The predicted molar refractivity (Wildman–Crippen MR) is 34.1 cm³/mol. The normalized spacial score (nSPS) is 9.12. The standard InChI is InChI=1S/C4H7N3S/c1-2-5-4-6-3-7-8-4/h3H,2H2,1H3,(H,5,6,7). The average Bonchev–Trinajstić information content (AvgIpc) is 2.19. The minimum Gasteiger partial charge on any atom is -0.361 e. The zero-order valence-corrected chi connectivity index (χ0v) is 5.40. The highest BCUT2D eigenvalue weighted by molar-refractivity contribution is 7.09. The van der Waals surface area contributed by atoms with Crippen molar-refractivity contribution in [3.05, 3.63) is 6.33 Å². The zero-order valence-electron chi connectivity index (χ0n) is 4.59. The van der Waals surface area contributed by atoms with E-state index in [0.717, 1.165) is 11.7 Å². The molecule has 0 amide bonds. The molecule has 1 aromatic heterocycles. The molecule has 0 aliphatic carbocycles. The van der Waals surface area contributed by atoms with Crippen molar-refractivity contribution in [1.29, 1.82) is 0 Å². The topological polar surface area (TPSA) is 37.8 Å². The van der Waals surface area contributed by atoms with E-state index in [1.807, 2.05) is 6.92 Å². The summed E-state index contributed by atoms with van der Waals surface area (Å²) in [5.41, 5.74) is 0. The lowest BCUT2D eigenvalue weighted by atomic mass is 10.8. The Morgan fingerprint density at radius 1 is 1.88 bits per heavy atom. The highest BCUT2D eigenvalue weighted by atomic mass is 32.1. The molecule has 0 aliphatic heterocycles. The number of aromatic nitrogens is 2. The lowest BCUT2D eigenvalue weighted by Crippen LogP contribution is -1.93. The van der Waals surface area contributed by atoms with Gasteiger partial charge in [0, 0.05) is 18.1 Å². The molecule has 0 bridgehead atoms. The van der Waals surface area contributed by atoms with Crippen LogP contribution in [0.2, 0.25) is 0 Å². The summed E-state index contributed by atoms with van der Waals surface area (Å²) in [6.07, 6.45) is 1.54. The first-order chi connectivity index (χ1) is 3.93. The largest absolute Gasteiger partial charge is 0.361 e. The Balaban J connectivity index is 2.50. The molecule has 0 fully saturated rings. The van der Waals surface area contributed by atoms with E-state index in [1.54, 1.807) is 6.33 Å². The molecule has 0 aromatic carbocycles. The van der Waals surface area contributed by atoms with Gasteiger partial charge < -0.3 is 5.32 Å². The predicted octanol–water partition coefficient (Wildman–Crippen LogP) is 0.970. The maximum atomic E-state index is 3.90. The number of hydrogen-bond acceptors (Lipinski definition) is 4. The van der Waals surface area contributed by atoms with Gasteiger partial charge in [-0.05, 0) is 6.92 Å². The number of anilines is 1. The van der Waals surface area contributed by atoms with E-state index in [1.165, 1.54) is 11.5 Å². The van der Waals surface area contributed by atoms with Gasteiger partial charge in [0.05, 0.1) is 0 Å².